The van der Waals surface area contributed by atoms with E-state index in [0.29, 0.717) is 6.42 Å². The zero-order valence-corrected chi connectivity index (χ0v) is 15.6. The molecule has 0 spiro atoms. The van der Waals surface area contributed by atoms with Gasteiger partial charge in [0.15, 0.2) is 5.78 Å². The second kappa shape index (κ2) is 11.0. The summed E-state index contributed by atoms with van der Waals surface area (Å²) in [4.78, 5) is 23.9. The molecule has 0 saturated heterocycles. The molecule has 4 N–H and O–H groups in total. The first kappa shape index (κ1) is 24.1. The number of nitrogens with two attached hydrogens (primary N) is 1. The SMILES string of the molecule is COC(=O)[C@@H](CC(=O)[C@@H](N)C(C)C)Cc1ccc(F)cc1.O=S(=O)(O)O. The van der Waals surface area contributed by atoms with Crippen LogP contribution in [0.15, 0.2) is 24.3 Å². The van der Waals surface area contributed by atoms with E-state index in [4.69, 9.17) is 28.0 Å². The van der Waals surface area contributed by atoms with Crippen molar-refractivity contribution in [3.05, 3.63) is 35.6 Å². The van der Waals surface area contributed by atoms with Gasteiger partial charge in [0, 0.05) is 6.42 Å². The fraction of sp³-hybridized carbons (Fsp3) is 0.500. The lowest BCUT2D eigenvalue weighted by molar-refractivity contribution is -0.147. The summed E-state index contributed by atoms with van der Waals surface area (Å²) in [5, 5.41) is 0. The summed E-state index contributed by atoms with van der Waals surface area (Å²) in [6, 6.07) is 5.25. The van der Waals surface area contributed by atoms with Gasteiger partial charge in [-0.05, 0) is 30.0 Å². The van der Waals surface area contributed by atoms with Crippen molar-refractivity contribution >= 4 is 22.2 Å². The third-order valence-electron chi connectivity index (χ3n) is 3.47. The number of halogens is 1. The largest absolute Gasteiger partial charge is 0.469 e. The van der Waals surface area contributed by atoms with Crippen molar-refractivity contribution in [2.24, 2.45) is 17.6 Å². The summed E-state index contributed by atoms with van der Waals surface area (Å²) in [5.41, 5.74) is 6.59. The molecule has 0 aliphatic rings. The molecule has 10 heteroatoms. The molecule has 0 amide bonds. The minimum absolute atomic E-state index is 0.0154. The van der Waals surface area contributed by atoms with E-state index < -0.39 is 28.3 Å². The Morgan fingerprint density at radius 3 is 2.04 bits per heavy atom. The second-order valence-corrected chi connectivity index (χ2v) is 6.83. The minimum atomic E-state index is -4.67. The average Bonchev–Trinajstić information content (AvgIpc) is 2.52. The van der Waals surface area contributed by atoms with Gasteiger partial charge >= 0.3 is 16.4 Å². The molecule has 0 heterocycles. The Balaban J connectivity index is 0.00000110. The van der Waals surface area contributed by atoms with Gasteiger partial charge in [-0.3, -0.25) is 18.7 Å². The topological polar surface area (TPSA) is 144 Å². The summed E-state index contributed by atoms with van der Waals surface area (Å²) in [6.07, 6.45) is 0.354. The maximum atomic E-state index is 12.9. The van der Waals surface area contributed by atoms with Gasteiger partial charge in [-0.15, -0.1) is 0 Å². The Hall–Kier alpha value is -1.88. The highest BCUT2D eigenvalue weighted by Gasteiger charge is 2.27. The van der Waals surface area contributed by atoms with E-state index in [9.17, 15) is 14.0 Å². The number of hydrogen-bond donors (Lipinski definition) is 3. The number of esters is 1. The molecule has 0 aliphatic carbocycles. The summed E-state index contributed by atoms with van der Waals surface area (Å²) >= 11 is 0. The third-order valence-corrected chi connectivity index (χ3v) is 3.47. The van der Waals surface area contributed by atoms with Crippen LogP contribution in [0.1, 0.15) is 25.8 Å². The fourth-order valence-electron chi connectivity index (χ4n) is 2.06. The summed E-state index contributed by atoms with van der Waals surface area (Å²) in [6.45, 7) is 3.71. The highest BCUT2D eigenvalue weighted by atomic mass is 32.3. The van der Waals surface area contributed by atoms with E-state index in [2.05, 4.69) is 0 Å². The number of rotatable bonds is 7. The second-order valence-electron chi connectivity index (χ2n) is 5.94. The number of hydrogen-bond acceptors (Lipinski definition) is 6. The van der Waals surface area contributed by atoms with Crippen molar-refractivity contribution in [1.29, 1.82) is 0 Å². The zero-order chi connectivity index (χ0) is 20.5. The monoisotopic (exact) mass is 393 g/mol. The quantitative estimate of drug-likeness (QED) is 0.466. The van der Waals surface area contributed by atoms with Crippen LogP contribution in [0.4, 0.5) is 4.39 Å². The van der Waals surface area contributed by atoms with E-state index in [1.54, 1.807) is 12.1 Å². The van der Waals surface area contributed by atoms with Crippen molar-refractivity contribution in [2.75, 3.05) is 7.11 Å². The molecular weight excluding hydrogens is 369 g/mol. The molecule has 1 aromatic rings. The summed E-state index contributed by atoms with van der Waals surface area (Å²) in [5.74, 6) is -1.54. The first-order valence-corrected chi connectivity index (χ1v) is 9.05. The van der Waals surface area contributed by atoms with Crippen molar-refractivity contribution in [3.63, 3.8) is 0 Å². The summed E-state index contributed by atoms with van der Waals surface area (Å²) < 4.78 is 49.2. The van der Waals surface area contributed by atoms with E-state index in [1.807, 2.05) is 13.8 Å². The fourth-order valence-corrected chi connectivity index (χ4v) is 2.06. The van der Waals surface area contributed by atoms with Crippen molar-refractivity contribution in [1.82, 2.24) is 0 Å². The van der Waals surface area contributed by atoms with E-state index in [-0.39, 0.29) is 23.9 Å². The smallest absolute Gasteiger partial charge is 0.394 e. The highest BCUT2D eigenvalue weighted by Crippen LogP contribution is 2.17. The lowest BCUT2D eigenvalue weighted by Crippen LogP contribution is -2.38. The predicted molar refractivity (Wildman–Crippen MR) is 92.2 cm³/mol. The van der Waals surface area contributed by atoms with Crippen molar-refractivity contribution in [3.8, 4) is 0 Å². The number of Topliss-reactive ketones (excluding diaryl/α,β-unsaturated/α-hetero) is 1. The van der Waals surface area contributed by atoms with Crippen LogP contribution in [-0.4, -0.2) is 42.4 Å². The molecule has 0 bridgehead atoms. The molecule has 26 heavy (non-hydrogen) atoms. The Morgan fingerprint density at radius 2 is 1.65 bits per heavy atom. The Bertz CT molecular complexity index is 681. The number of benzene rings is 1. The van der Waals surface area contributed by atoms with Crippen LogP contribution in [0.25, 0.3) is 0 Å². The standard InChI is InChI=1S/C16H22FNO3.H2O4S/c1-10(2)15(18)14(19)9-12(16(20)21-3)8-11-4-6-13(17)7-5-11;1-5(2,3)4/h4-7,10,12,15H,8-9,18H2,1-3H3;(H2,1,2,3,4)/t12-,15+;/m1./s1. The summed E-state index contributed by atoms with van der Waals surface area (Å²) in [7, 11) is -3.38. The lowest BCUT2D eigenvalue weighted by Gasteiger charge is -2.18. The molecule has 0 aromatic heterocycles. The maximum absolute atomic E-state index is 12.9. The van der Waals surface area contributed by atoms with Crippen molar-refractivity contribution < 1.29 is 36.2 Å². The van der Waals surface area contributed by atoms with Gasteiger partial charge in [0.05, 0.1) is 19.1 Å². The van der Waals surface area contributed by atoms with Crippen LogP contribution < -0.4 is 5.73 Å². The van der Waals surface area contributed by atoms with E-state index >= 15 is 0 Å². The van der Waals surface area contributed by atoms with Crippen LogP contribution in [0.2, 0.25) is 0 Å². The number of carbonyl (C=O) groups is 2. The van der Waals surface area contributed by atoms with Gasteiger partial charge in [0.2, 0.25) is 0 Å². The van der Waals surface area contributed by atoms with Gasteiger partial charge in [-0.1, -0.05) is 26.0 Å². The molecule has 148 valence electrons. The maximum Gasteiger partial charge on any atom is 0.394 e. The Labute approximate surface area is 152 Å². The number of ketones is 1. The predicted octanol–water partition coefficient (Wildman–Crippen LogP) is 1.45. The molecule has 2 atom stereocenters. The van der Waals surface area contributed by atoms with Crippen molar-refractivity contribution in [2.45, 2.75) is 32.7 Å². The van der Waals surface area contributed by atoms with E-state index in [0.717, 1.165) is 5.56 Å². The Kier molecular flexibility index (Phi) is 10.2. The normalized spacial score (nSPS) is 13.4. The Morgan fingerprint density at radius 1 is 1.19 bits per heavy atom. The van der Waals surface area contributed by atoms with Crippen LogP contribution in [-0.2, 0) is 31.1 Å². The van der Waals surface area contributed by atoms with Gasteiger partial charge in [-0.25, -0.2) is 4.39 Å². The van der Waals surface area contributed by atoms with E-state index in [1.165, 1.54) is 19.2 Å². The molecular formula is C16H24FNO7S. The molecule has 0 fully saturated rings. The van der Waals surface area contributed by atoms with Crippen LogP contribution in [0.5, 0.6) is 0 Å². The highest BCUT2D eigenvalue weighted by molar-refractivity contribution is 7.79. The molecule has 0 unspecified atom stereocenters. The van der Waals surface area contributed by atoms with Crippen LogP contribution >= 0.6 is 0 Å². The average molecular weight is 393 g/mol. The molecule has 0 aliphatic heterocycles. The zero-order valence-electron chi connectivity index (χ0n) is 14.8. The minimum Gasteiger partial charge on any atom is -0.469 e. The first-order chi connectivity index (χ1) is 11.8. The third kappa shape index (κ3) is 10.9. The number of methoxy groups -OCH3 is 1. The number of carbonyl (C=O) groups excluding carboxylic acids is 2. The first-order valence-electron chi connectivity index (χ1n) is 7.65. The molecule has 8 nitrogen and oxygen atoms in total. The molecule has 0 radical (unpaired) electrons. The van der Waals surface area contributed by atoms with Crippen LogP contribution in [0, 0.1) is 17.7 Å². The number of ether oxygens (including phenoxy) is 1. The molecule has 1 rings (SSSR count). The lowest BCUT2D eigenvalue weighted by atomic mass is 9.89. The molecule has 1 aromatic carbocycles. The van der Waals surface area contributed by atoms with Crippen LogP contribution in [0.3, 0.4) is 0 Å². The van der Waals surface area contributed by atoms with Gasteiger partial charge in [-0.2, -0.15) is 8.42 Å². The van der Waals surface area contributed by atoms with Gasteiger partial charge in [0.1, 0.15) is 5.82 Å². The molecule has 0 saturated carbocycles. The van der Waals surface area contributed by atoms with Gasteiger partial charge in [0.25, 0.3) is 0 Å². The van der Waals surface area contributed by atoms with Gasteiger partial charge < -0.3 is 10.5 Å².